The first kappa shape index (κ1) is 17.0. The van der Waals surface area contributed by atoms with E-state index in [1.54, 1.807) is 19.4 Å². The van der Waals surface area contributed by atoms with E-state index in [0.29, 0.717) is 23.6 Å². The van der Waals surface area contributed by atoms with Crippen molar-refractivity contribution in [2.75, 3.05) is 13.7 Å². The molecule has 25 heavy (non-hydrogen) atoms. The number of fused-ring (bicyclic) bond motifs is 1. The Labute approximate surface area is 147 Å². The van der Waals surface area contributed by atoms with E-state index in [1.165, 1.54) is 15.7 Å². The molecule has 130 valence electrons. The van der Waals surface area contributed by atoms with Crippen molar-refractivity contribution in [3.05, 3.63) is 56.8 Å². The van der Waals surface area contributed by atoms with E-state index in [1.807, 2.05) is 24.3 Å². The number of aromatic hydroxyl groups is 1. The van der Waals surface area contributed by atoms with Crippen LogP contribution in [-0.4, -0.2) is 34.1 Å². The monoisotopic (exact) mass is 359 g/mol. The summed E-state index contributed by atoms with van der Waals surface area (Å²) < 4.78 is 6.48. The third-order valence-corrected chi connectivity index (χ3v) is 4.73. The number of nitrogens with zero attached hydrogens (tertiary/aromatic N) is 2. The minimum Gasteiger partial charge on any atom is -0.497 e. The Hall–Kier alpha value is -2.87. The Bertz CT molecular complexity index is 993. The normalized spacial score (nSPS) is 10.8. The summed E-state index contributed by atoms with van der Waals surface area (Å²) in [5.74, 6) is -0.453. The summed E-state index contributed by atoms with van der Waals surface area (Å²) in [6.45, 7) is 2.06. The highest BCUT2D eigenvalue weighted by molar-refractivity contribution is 7.15. The first-order valence-corrected chi connectivity index (χ1v) is 8.50. The molecule has 1 aromatic carbocycles. The number of amides is 1. The van der Waals surface area contributed by atoms with E-state index in [4.69, 9.17) is 4.74 Å². The van der Waals surface area contributed by atoms with Gasteiger partial charge in [-0.05, 0) is 31.0 Å². The molecule has 0 unspecified atom stereocenters. The number of hydrogen-bond acceptors (Lipinski definition) is 6. The van der Waals surface area contributed by atoms with Crippen LogP contribution in [0.25, 0.3) is 4.96 Å². The second-order valence-electron chi connectivity index (χ2n) is 5.47. The lowest BCUT2D eigenvalue weighted by Crippen LogP contribution is -2.33. The Kier molecular flexibility index (Phi) is 4.71. The van der Waals surface area contributed by atoms with Crippen molar-refractivity contribution in [1.82, 2.24) is 14.7 Å². The van der Waals surface area contributed by atoms with Crippen LogP contribution in [0.3, 0.4) is 0 Å². The molecule has 0 bridgehead atoms. The summed E-state index contributed by atoms with van der Waals surface area (Å²) in [6, 6.07) is 7.50. The Morgan fingerprint density at radius 1 is 1.44 bits per heavy atom. The van der Waals surface area contributed by atoms with Crippen molar-refractivity contribution in [2.24, 2.45) is 0 Å². The Morgan fingerprint density at radius 2 is 2.24 bits per heavy atom. The number of carbonyl (C=O) groups is 1. The molecule has 0 atom stereocenters. The minimum absolute atomic E-state index is 0.316. The van der Waals surface area contributed by atoms with Gasteiger partial charge in [-0.3, -0.25) is 14.0 Å². The van der Waals surface area contributed by atoms with Gasteiger partial charge in [0, 0.05) is 17.6 Å². The van der Waals surface area contributed by atoms with Gasteiger partial charge in [-0.25, -0.2) is 0 Å². The fourth-order valence-corrected chi connectivity index (χ4v) is 3.36. The zero-order valence-electron chi connectivity index (χ0n) is 13.8. The maximum Gasteiger partial charge on any atom is 0.275 e. The fourth-order valence-electron chi connectivity index (χ4n) is 2.51. The van der Waals surface area contributed by atoms with Gasteiger partial charge in [0.1, 0.15) is 5.75 Å². The van der Waals surface area contributed by atoms with Gasteiger partial charge < -0.3 is 15.2 Å². The van der Waals surface area contributed by atoms with Crippen LogP contribution in [0, 0.1) is 6.92 Å². The van der Waals surface area contributed by atoms with E-state index >= 15 is 0 Å². The number of rotatable bonds is 5. The lowest BCUT2D eigenvalue weighted by atomic mass is 10.1. The topological polar surface area (TPSA) is 92.9 Å². The number of aryl methyl sites for hydroxylation is 1. The van der Waals surface area contributed by atoms with Crippen molar-refractivity contribution in [3.8, 4) is 11.6 Å². The highest BCUT2D eigenvalue weighted by atomic mass is 32.1. The van der Waals surface area contributed by atoms with Gasteiger partial charge in [0.05, 0.1) is 7.11 Å². The number of benzene rings is 1. The molecule has 0 radical (unpaired) electrons. The van der Waals surface area contributed by atoms with Gasteiger partial charge in [-0.1, -0.05) is 12.1 Å². The van der Waals surface area contributed by atoms with Gasteiger partial charge >= 0.3 is 0 Å². The van der Waals surface area contributed by atoms with Crippen LogP contribution in [0.4, 0.5) is 0 Å². The molecule has 3 aromatic rings. The SMILES string of the molecule is COc1cccc(CCNC(=O)c2c(O)nc3scc(C)n3c2=O)c1. The third kappa shape index (κ3) is 3.34. The van der Waals surface area contributed by atoms with Crippen LogP contribution in [0.1, 0.15) is 21.6 Å². The number of aromatic nitrogens is 2. The van der Waals surface area contributed by atoms with Gasteiger partial charge in [-0.2, -0.15) is 4.98 Å². The lowest BCUT2D eigenvalue weighted by molar-refractivity contribution is 0.0949. The molecule has 1 amide bonds. The lowest BCUT2D eigenvalue weighted by Gasteiger charge is -2.08. The number of thiazole rings is 1. The standard InChI is InChI=1S/C17H17N3O4S/c1-10-9-25-17-19-15(22)13(16(23)20(10)17)14(21)18-7-6-11-4-3-5-12(8-11)24-2/h3-5,8-9,22H,6-7H2,1-2H3,(H,18,21). The quantitative estimate of drug-likeness (QED) is 0.724. The predicted octanol–water partition coefficient (Wildman–Crippen LogP) is 1.75. The first-order valence-electron chi connectivity index (χ1n) is 7.62. The number of ether oxygens (including phenoxy) is 1. The van der Waals surface area contributed by atoms with Gasteiger partial charge in [0.15, 0.2) is 10.5 Å². The van der Waals surface area contributed by atoms with Gasteiger partial charge in [0.2, 0.25) is 5.88 Å². The van der Waals surface area contributed by atoms with E-state index in [-0.39, 0.29) is 5.56 Å². The van der Waals surface area contributed by atoms with Crippen LogP contribution >= 0.6 is 11.3 Å². The zero-order chi connectivity index (χ0) is 18.0. The molecule has 0 aliphatic carbocycles. The maximum absolute atomic E-state index is 12.5. The fraction of sp³-hybridized carbons (Fsp3) is 0.235. The molecule has 0 spiro atoms. The van der Waals surface area contributed by atoms with Crippen LogP contribution in [-0.2, 0) is 6.42 Å². The van der Waals surface area contributed by atoms with Crippen LogP contribution in [0.2, 0.25) is 0 Å². The highest BCUT2D eigenvalue weighted by Gasteiger charge is 2.20. The molecule has 0 aliphatic heterocycles. The summed E-state index contributed by atoms with van der Waals surface area (Å²) in [5.41, 5.74) is 0.746. The third-order valence-electron chi connectivity index (χ3n) is 3.78. The molecular formula is C17H17N3O4S. The predicted molar refractivity (Wildman–Crippen MR) is 94.8 cm³/mol. The molecule has 0 fully saturated rings. The molecule has 8 heteroatoms. The highest BCUT2D eigenvalue weighted by Crippen LogP contribution is 2.17. The summed E-state index contributed by atoms with van der Waals surface area (Å²) in [5, 5.41) is 14.4. The van der Waals surface area contributed by atoms with E-state index in [0.717, 1.165) is 11.3 Å². The molecule has 7 nitrogen and oxygen atoms in total. The molecule has 0 saturated carbocycles. The second kappa shape index (κ2) is 6.94. The summed E-state index contributed by atoms with van der Waals surface area (Å²) in [4.78, 5) is 29.1. The smallest absolute Gasteiger partial charge is 0.275 e. The molecule has 2 heterocycles. The molecule has 2 aromatic heterocycles. The largest absolute Gasteiger partial charge is 0.497 e. The van der Waals surface area contributed by atoms with E-state index < -0.39 is 17.3 Å². The van der Waals surface area contributed by atoms with Crippen LogP contribution in [0.5, 0.6) is 11.6 Å². The molecular weight excluding hydrogens is 342 g/mol. The van der Waals surface area contributed by atoms with E-state index in [9.17, 15) is 14.7 Å². The molecule has 0 saturated heterocycles. The van der Waals surface area contributed by atoms with Crippen molar-refractivity contribution in [1.29, 1.82) is 0 Å². The molecule has 3 rings (SSSR count). The summed E-state index contributed by atoms with van der Waals surface area (Å²) in [7, 11) is 1.59. The number of nitrogens with one attached hydrogen (secondary N) is 1. The Balaban J connectivity index is 1.76. The Morgan fingerprint density at radius 3 is 3.00 bits per heavy atom. The number of methoxy groups -OCH3 is 1. The second-order valence-corrected chi connectivity index (χ2v) is 6.30. The maximum atomic E-state index is 12.5. The number of carbonyl (C=O) groups excluding carboxylic acids is 1. The van der Waals surface area contributed by atoms with Gasteiger partial charge in [0.25, 0.3) is 11.5 Å². The van der Waals surface area contributed by atoms with Crippen molar-refractivity contribution in [3.63, 3.8) is 0 Å². The van der Waals surface area contributed by atoms with Crippen LogP contribution in [0.15, 0.2) is 34.4 Å². The van der Waals surface area contributed by atoms with Crippen molar-refractivity contribution >= 4 is 22.2 Å². The van der Waals surface area contributed by atoms with Gasteiger partial charge in [-0.15, -0.1) is 11.3 Å². The summed E-state index contributed by atoms with van der Waals surface area (Å²) >= 11 is 1.23. The molecule has 2 N–H and O–H groups in total. The first-order chi connectivity index (χ1) is 12.0. The summed E-state index contributed by atoms with van der Waals surface area (Å²) in [6.07, 6.45) is 0.568. The van der Waals surface area contributed by atoms with Crippen LogP contribution < -0.4 is 15.6 Å². The zero-order valence-corrected chi connectivity index (χ0v) is 14.6. The van der Waals surface area contributed by atoms with Crippen molar-refractivity contribution in [2.45, 2.75) is 13.3 Å². The average molecular weight is 359 g/mol. The van der Waals surface area contributed by atoms with Crippen molar-refractivity contribution < 1.29 is 14.6 Å². The van der Waals surface area contributed by atoms with E-state index in [2.05, 4.69) is 10.3 Å². The number of hydrogen-bond donors (Lipinski definition) is 2. The molecule has 0 aliphatic rings. The minimum atomic E-state index is -0.641. The average Bonchev–Trinajstić information content (AvgIpc) is 2.96.